The molecule has 0 bridgehead atoms. The molecule has 2 heterocycles. The zero-order valence-corrected chi connectivity index (χ0v) is 17.6. The minimum absolute atomic E-state index is 0.0978. The number of nitrogens with one attached hydrogen (secondary N) is 1. The molecule has 0 saturated carbocycles. The smallest absolute Gasteiger partial charge is 0.336 e. The van der Waals surface area contributed by atoms with Gasteiger partial charge in [0.2, 0.25) is 0 Å². The number of rotatable bonds is 6. The van der Waals surface area contributed by atoms with E-state index in [9.17, 15) is 14.7 Å². The second kappa shape index (κ2) is 8.06. The van der Waals surface area contributed by atoms with E-state index in [1.807, 2.05) is 34.6 Å². The van der Waals surface area contributed by atoms with Crippen LogP contribution in [0.3, 0.4) is 0 Å². The Morgan fingerprint density at radius 3 is 2.72 bits per heavy atom. The summed E-state index contributed by atoms with van der Waals surface area (Å²) in [5.74, 6) is 0.798. The number of hydrogen-bond donors (Lipinski definition) is 2. The van der Waals surface area contributed by atoms with Gasteiger partial charge in [-0.15, -0.1) is 0 Å². The summed E-state index contributed by atoms with van der Waals surface area (Å²) >= 11 is 0. The molecule has 3 rings (SSSR count). The first-order valence-corrected chi connectivity index (χ1v) is 9.93. The quantitative estimate of drug-likeness (QED) is 0.720. The molecule has 7 heteroatoms. The molecule has 0 fully saturated rings. The molecule has 2 aromatic rings. The van der Waals surface area contributed by atoms with Crippen LogP contribution >= 0.6 is 0 Å². The summed E-state index contributed by atoms with van der Waals surface area (Å²) in [5, 5.41) is 12.8. The highest BCUT2D eigenvalue weighted by Crippen LogP contribution is 2.42. The van der Waals surface area contributed by atoms with Crippen LogP contribution in [0.25, 0.3) is 11.0 Å². The van der Waals surface area contributed by atoms with Crippen LogP contribution in [-0.4, -0.2) is 35.9 Å². The molecule has 0 saturated heterocycles. The molecule has 7 nitrogen and oxygen atoms in total. The fourth-order valence-corrected chi connectivity index (χ4v) is 3.55. The van der Waals surface area contributed by atoms with E-state index < -0.39 is 5.63 Å². The van der Waals surface area contributed by atoms with Crippen molar-refractivity contribution in [3.63, 3.8) is 0 Å². The Morgan fingerprint density at radius 2 is 2.07 bits per heavy atom. The first-order valence-electron chi connectivity index (χ1n) is 9.93. The van der Waals surface area contributed by atoms with Gasteiger partial charge < -0.3 is 24.3 Å². The Labute approximate surface area is 170 Å². The molecule has 0 spiro atoms. The highest BCUT2D eigenvalue weighted by molar-refractivity contribution is 5.91. The number of aryl methyl sites for hydroxylation is 2. The van der Waals surface area contributed by atoms with Gasteiger partial charge in [-0.25, -0.2) is 4.79 Å². The summed E-state index contributed by atoms with van der Waals surface area (Å²) in [6.07, 6.45) is 1.52. The number of carbonyl (C=O) groups is 1. The van der Waals surface area contributed by atoms with Crippen molar-refractivity contribution < 1.29 is 23.8 Å². The van der Waals surface area contributed by atoms with Crippen molar-refractivity contribution in [2.75, 3.05) is 13.2 Å². The number of fused-ring (bicyclic) bond motifs is 3. The summed E-state index contributed by atoms with van der Waals surface area (Å²) in [7, 11) is 0. The monoisotopic (exact) mass is 403 g/mol. The molecule has 2 N–H and O–H groups in total. The average molecular weight is 403 g/mol. The molecule has 0 aliphatic carbocycles. The van der Waals surface area contributed by atoms with Gasteiger partial charge in [-0.05, 0) is 45.1 Å². The van der Waals surface area contributed by atoms with Crippen molar-refractivity contribution in [2.24, 2.45) is 5.92 Å². The second-order valence-corrected chi connectivity index (χ2v) is 8.55. The zero-order chi connectivity index (χ0) is 21.3. The number of amides is 1. The third-order valence-electron chi connectivity index (χ3n) is 5.31. The van der Waals surface area contributed by atoms with Crippen LogP contribution in [-0.2, 0) is 11.2 Å². The van der Waals surface area contributed by atoms with E-state index in [4.69, 9.17) is 13.9 Å². The molecule has 1 atom stereocenters. The predicted molar refractivity (Wildman–Crippen MR) is 110 cm³/mol. The van der Waals surface area contributed by atoms with E-state index in [0.717, 1.165) is 24.0 Å². The molecular weight excluding hydrogens is 374 g/mol. The van der Waals surface area contributed by atoms with E-state index in [-0.39, 0.29) is 36.7 Å². The summed E-state index contributed by atoms with van der Waals surface area (Å²) < 4.78 is 17.4. The minimum Gasteiger partial charge on any atom is -0.487 e. The first kappa shape index (κ1) is 21.2. The standard InChI is InChI=1S/C22H29NO6/c1-12(2)15(10-24)23-18(25)11-27-17-9-16-14(6-7-22(4,5)29-16)21-20(17)13(3)8-19(26)28-21/h8-9,12,15,24H,6-7,10-11H2,1-5H3,(H,23,25). The molecule has 1 aromatic heterocycles. The van der Waals surface area contributed by atoms with Gasteiger partial charge in [0.1, 0.15) is 22.7 Å². The number of aliphatic hydroxyl groups excluding tert-OH is 1. The Balaban J connectivity index is 1.95. The lowest BCUT2D eigenvalue weighted by Gasteiger charge is -2.33. The lowest BCUT2D eigenvalue weighted by atomic mass is 9.92. The van der Waals surface area contributed by atoms with Gasteiger partial charge in [-0.3, -0.25) is 4.79 Å². The van der Waals surface area contributed by atoms with Gasteiger partial charge in [0.25, 0.3) is 5.91 Å². The lowest BCUT2D eigenvalue weighted by Crippen LogP contribution is -2.43. The number of benzene rings is 1. The average Bonchev–Trinajstić information content (AvgIpc) is 2.62. The molecule has 1 aliphatic rings. The van der Waals surface area contributed by atoms with E-state index in [1.165, 1.54) is 6.07 Å². The van der Waals surface area contributed by atoms with E-state index in [0.29, 0.717) is 22.5 Å². The molecule has 1 aromatic carbocycles. The number of carbonyl (C=O) groups excluding carboxylic acids is 1. The zero-order valence-electron chi connectivity index (χ0n) is 17.6. The van der Waals surface area contributed by atoms with Crippen molar-refractivity contribution >= 4 is 16.9 Å². The number of ether oxygens (including phenoxy) is 2. The Morgan fingerprint density at radius 1 is 1.34 bits per heavy atom. The molecule has 29 heavy (non-hydrogen) atoms. The topological polar surface area (TPSA) is 98.0 Å². The highest BCUT2D eigenvalue weighted by Gasteiger charge is 2.30. The third-order valence-corrected chi connectivity index (χ3v) is 5.31. The lowest BCUT2D eigenvalue weighted by molar-refractivity contribution is -0.124. The first-order chi connectivity index (χ1) is 13.6. The van der Waals surface area contributed by atoms with Crippen LogP contribution in [0.5, 0.6) is 11.5 Å². The van der Waals surface area contributed by atoms with Gasteiger partial charge in [0, 0.05) is 17.7 Å². The van der Waals surface area contributed by atoms with Gasteiger partial charge in [-0.1, -0.05) is 13.8 Å². The Kier molecular flexibility index (Phi) is 5.89. The van der Waals surface area contributed by atoms with Gasteiger partial charge in [-0.2, -0.15) is 0 Å². The molecular formula is C22H29NO6. The number of hydrogen-bond acceptors (Lipinski definition) is 6. The van der Waals surface area contributed by atoms with Crippen LogP contribution in [0.2, 0.25) is 0 Å². The molecule has 158 valence electrons. The summed E-state index contributed by atoms with van der Waals surface area (Å²) in [6, 6.07) is 2.84. The molecule has 0 radical (unpaired) electrons. The summed E-state index contributed by atoms with van der Waals surface area (Å²) in [4.78, 5) is 24.3. The summed E-state index contributed by atoms with van der Waals surface area (Å²) in [6.45, 7) is 9.29. The summed E-state index contributed by atoms with van der Waals surface area (Å²) in [5.41, 5.74) is 1.24. The normalized spacial score (nSPS) is 16.2. The maximum atomic E-state index is 12.3. The van der Waals surface area contributed by atoms with E-state index in [2.05, 4.69) is 5.32 Å². The maximum Gasteiger partial charge on any atom is 0.336 e. The van der Waals surface area contributed by atoms with Crippen molar-refractivity contribution in [2.45, 2.75) is 59.1 Å². The molecule has 1 aliphatic heterocycles. The highest BCUT2D eigenvalue weighted by atomic mass is 16.5. The second-order valence-electron chi connectivity index (χ2n) is 8.55. The Bertz CT molecular complexity index is 975. The number of aliphatic hydroxyl groups is 1. The van der Waals surface area contributed by atoms with Gasteiger partial charge in [0.15, 0.2) is 6.61 Å². The van der Waals surface area contributed by atoms with Crippen LogP contribution in [0.1, 0.15) is 45.2 Å². The minimum atomic E-state index is -0.431. The van der Waals surface area contributed by atoms with Crippen molar-refractivity contribution in [3.05, 3.63) is 33.7 Å². The fraction of sp³-hybridized carbons (Fsp3) is 0.545. The maximum absolute atomic E-state index is 12.3. The van der Waals surface area contributed by atoms with Gasteiger partial charge >= 0.3 is 5.63 Å². The molecule has 1 unspecified atom stereocenters. The van der Waals surface area contributed by atoms with Crippen molar-refractivity contribution in [1.82, 2.24) is 5.32 Å². The Hall–Kier alpha value is -2.54. The van der Waals surface area contributed by atoms with Crippen LogP contribution in [0.15, 0.2) is 21.3 Å². The SMILES string of the molecule is Cc1cc(=O)oc2c3c(cc(OCC(=O)NC(CO)C(C)C)c12)OC(C)(C)CC3. The van der Waals surface area contributed by atoms with Gasteiger partial charge in [0.05, 0.1) is 18.0 Å². The molecule has 1 amide bonds. The van der Waals surface area contributed by atoms with E-state index >= 15 is 0 Å². The van der Waals surface area contributed by atoms with Crippen molar-refractivity contribution in [1.29, 1.82) is 0 Å². The van der Waals surface area contributed by atoms with Crippen LogP contribution < -0.4 is 20.4 Å². The third kappa shape index (κ3) is 4.56. The predicted octanol–water partition coefficient (Wildman–Crippen LogP) is 2.72. The van der Waals surface area contributed by atoms with Crippen LogP contribution in [0.4, 0.5) is 0 Å². The largest absolute Gasteiger partial charge is 0.487 e. The fourth-order valence-electron chi connectivity index (χ4n) is 3.55. The van der Waals surface area contributed by atoms with Crippen molar-refractivity contribution in [3.8, 4) is 11.5 Å². The van der Waals surface area contributed by atoms with Crippen LogP contribution in [0, 0.1) is 12.8 Å². The van der Waals surface area contributed by atoms with E-state index in [1.54, 1.807) is 6.07 Å².